The molecule has 178 valence electrons. The van der Waals surface area contributed by atoms with Crippen LogP contribution in [0.1, 0.15) is 25.8 Å². The van der Waals surface area contributed by atoms with E-state index in [1.807, 2.05) is 44.2 Å². The first kappa shape index (κ1) is 24.6. The Morgan fingerprint density at radius 2 is 2.00 bits per heavy atom. The molecule has 0 unspecified atom stereocenters. The molecule has 2 aliphatic heterocycles. The highest BCUT2D eigenvalue weighted by molar-refractivity contribution is 5.91. The van der Waals surface area contributed by atoms with Crippen molar-refractivity contribution in [3.8, 4) is 12.3 Å². The molecule has 0 spiro atoms. The Labute approximate surface area is 195 Å². The monoisotopic (exact) mass is 455 g/mol. The van der Waals surface area contributed by atoms with Crippen molar-refractivity contribution in [3.05, 3.63) is 35.9 Å². The number of rotatable bonds is 8. The molecule has 3 rings (SSSR count). The summed E-state index contributed by atoms with van der Waals surface area (Å²) in [5, 5.41) is 6.04. The Bertz CT molecular complexity index is 885. The SMILES string of the molecule is C#CCN1CC(=O)N2[C@@H](CC(C)C)C(=O)N(CCOC)C[C@@H]2N1C(=O)NCc1ccccc1. The van der Waals surface area contributed by atoms with E-state index in [-0.39, 0.29) is 43.4 Å². The van der Waals surface area contributed by atoms with Gasteiger partial charge >= 0.3 is 6.03 Å². The van der Waals surface area contributed by atoms with Crippen LogP contribution in [0.4, 0.5) is 4.79 Å². The van der Waals surface area contributed by atoms with Crippen molar-refractivity contribution in [1.82, 2.24) is 25.1 Å². The number of hydrogen-bond acceptors (Lipinski definition) is 5. The first-order valence-corrected chi connectivity index (χ1v) is 11.3. The van der Waals surface area contributed by atoms with Crippen LogP contribution in [0, 0.1) is 18.3 Å². The van der Waals surface area contributed by atoms with E-state index in [0.717, 1.165) is 5.56 Å². The number of piperazine rings is 1. The van der Waals surface area contributed by atoms with E-state index < -0.39 is 12.2 Å². The zero-order valence-corrected chi connectivity index (χ0v) is 19.6. The summed E-state index contributed by atoms with van der Waals surface area (Å²) in [5.74, 6) is 2.42. The molecule has 2 fully saturated rings. The number of carbonyl (C=O) groups is 3. The molecule has 1 aromatic carbocycles. The minimum atomic E-state index is -0.645. The standard InChI is InChI=1S/C24H33N5O4/c1-5-11-27-17-22(30)28-20(14-18(2)3)23(31)26(12-13-33-4)16-21(28)29(27)24(32)25-15-19-9-7-6-8-10-19/h1,6-10,18,20-21H,11-17H2,2-4H3,(H,25,32)/t20-,21-/m0/s1. The molecule has 0 aromatic heterocycles. The molecule has 9 nitrogen and oxygen atoms in total. The van der Waals surface area contributed by atoms with E-state index in [4.69, 9.17) is 11.2 Å². The fourth-order valence-corrected chi connectivity index (χ4v) is 4.37. The van der Waals surface area contributed by atoms with Gasteiger partial charge in [0.25, 0.3) is 0 Å². The lowest BCUT2D eigenvalue weighted by Gasteiger charge is -2.55. The maximum Gasteiger partial charge on any atom is 0.334 e. The summed E-state index contributed by atoms with van der Waals surface area (Å²) in [6.07, 6.45) is 5.42. The summed E-state index contributed by atoms with van der Waals surface area (Å²) < 4.78 is 5.18. The molecular formula is C24H33N5O4. The number of methoxy groups -OCH3 is 1. The second-order valence-corrected chi connectivity index (χ2v) is 8.72. The zero-order chi connectivity index (χ0) is 24.0. The summed E-state index contributed by atoms with van der Waals surface area (Å²) in [4.78, 5) is 43.1. The van der Waals surface area contributed by atoms with Crippen LogP contribution in [0.3, 0.4) is 0 Å². The molecule has 1 N–H and O–H groups in total. The first-order valence-electron chi connectivity index (χ1n) is 11.3. The summed E-state index contributed by atoms with van der Waals surface area (Å²) in [7, 11) is 1.58. The lowest BCUT2D eigenvalue weighted by molar-refractivity contribution is -0.190. The highest BCUT2D eigenvalue weighted by Gasteiger charge is 2.51. The number of nitrogens with one attached hydrogen (secondary N) is 1. The number of hydrogen-bond donors (Lipinski definition) is 1. The van der Waals surface area contributed by atoms with Gasteiger partial charge in [-0.25, -0.2) is 9.80 Å². The largest absolute Gasteiger partial charge is 0.383 e. The molecule has 0 saturated carbocycles. The van der Waals surface area contributed by atoms with Gasteiger partial charge in [-0.3, -0.25) is 9.59 Å². The van der Waals surface area contributed by atoms with Gasteiger partial charge in [0.1, 0.15) is 12.2 Å². The van der Waals surface area contributed by atoms with Gasteiger partial charge in [0, 0.05) is 20.2 Å². The number of benzene rings is 1. The van der Waals surface area contributed by atoms with Crippen LogP contribution in [0.25, 0.3) is 0 Å². The van der Waals surface area contributed by atoms with Crippen molar-refractivity contribution in [2.24, 2.45) is 5.92 Å². The molecule has 0 aliphatic carbocycles. The molecule has 4 amide bonds. The van der Waals surface area contributed by atoms with E-state index in [1.54, 1.807) is 21.9 Å². The van der Waals surface area contributed by atoms with Crippen molar-refractivity contribution in [2.75, 3.05) is 39.9 Å². The van der Waals surface area contributed by atoms with Gasteiger partial charge in [0.2, 0.25) is 11.8 Å². The van der Waals surface area contributed by atoms with Crippen LogP contribution in [-0.2, 0) is 20.9 Å². The Kier molecular flexibility index (Phi) is 8.31. The summed E-state index contributed by atoms with van der Waals surface area (Å²) in [5.41, 5.74) is 0.956. The smallest absolute Gasteiger partial charge is 0.334 e. The predicted octanol–water partition coefficient (Wildman–Crippen LogP) is 1.12. The highest BCUT2D eigenvalue weighted by Crippen LogP contribution is 2.29. The van der Waals surface area contributed by atoms with Crippen LogP contribution in [0.2, 0.25) is 0 Å². The van der Waals surface area contributed by atoms with Crippen molar-refractivity contribution in [3.63, 3.8) is 0 Å². The van der Waals surface area contributed by atoms with E-state index >= 15 is 0 Å². The fraction of sp³-hybridized carbons (Fsp3) is 0.542. The number of nitrogens with zero attached hydrogens (tertiary/aromatic N) is 4. The zero-order valence-electron chi connectivity index (χ0n) is 19.6. The normalized spacial score (nSPS) is 21.2. The van der Waals surface area contributed by atoms with Gasteiger partial charge in [-0.15, -0.1) is 6.42 Å². The van der Waals surface area contributed by atoms with Crippen molar-refractivity contribution in [2.45, 2.75) is 39.0 Å². The second kappa shape index (κ2) is 11.2. The van der Waals surface area contributed by atoms with Crippen LogP contribution < -0.4 is 5.32 Å². The lowest BCUT2D eigenvalue weighted by atomic mass is 9.97. The average molecular weight is 456 g/mol. The molecule has 2 aliphatic rings. The number of carbonyl (C=O) groups excluding carboxylic acids is 3. The minimum Gasteiger partial charge on any atom is -0.383 e. The van der Waals surface area contributed by atoms with E-state index in [9.17, 15) is 14.4 Å². The average Bonchev–Trinajstić information content (AvgIpc) is 2.79. The van der Waals surface area contributed by atoms with Crippen molar-refractivity contribution in [1.29, 1.82) is 0 Å². The fourth-order valence-electron chi connectivity index (χ4n) is 4.37. The van der Waals surface area contributed by atoms with Gasteiger partial charge in [-0.05, 0) is 17.9 Å². The quantitative estimate of drug-likeness (QED) is 0.594. The van der Waals surface area contributed by atoms with Gasteiger partial charge in [-0.2, -0.15) is 5.01 Å². The van der Waals surface area contributed by atoms with E-state index in [1.165, 1.54) is 5.01 Å². The lowest BCUT2D eigenvalue weighted by Crippen LogP contribution is -2.76. The van der Waals surface area contributed by atoms with Gasteiger partial charge in [0.15, 0.2) is 0 Å². The van der Waals surface area contributed by atoms with E-state index in [2.05, 4.69) is 11.2 Å². The van der Waals surface area contributed by atoms with Crippen LogP contribution >= 0.6 is 0 Å². The molecule has 2 saturated heterocycles. The highest BCUT2D eigenvalue weighted by atomic mass is 16.5. The number of fused-ring (bicyclic) bond motifs is 1. The number of terminal acetylenes is 1. The molecule has 0 bridgehead atoms. The van der Waals surface area contributed by atoms with Gasteiger partial charge < -0.3 is 19.9 Å². The number of urea groups is 1. The topological polar surface area (TPSA) is 85.4 Å². The van der Waals surface area contributed by atoms with E-state index in [0.29, 0.717) is 26.1 Å². The third-order valence-corrected chi connectivity index (χ3v) is 5.86. The van der Waals surface area contributed by atoms with Crippen LogP contribution in [-0.4, -0.2) is 89.8 Å². The Hall–Kier alpha value is -3.09. The summed E-state index contributed by atoms with van der Waals surface area (Å²) >= 11 is 0. The Morgan fingerprint density at radius 3 is 2.64 bits per heavy atom. The molecule has 9 heteroatoms. The molecule has 2 atom stereocenters. The Morgan fingerprint density at radius 1 is 1.27 bits per heavy atom. The number of hydrazine groups is 1. The van der Waals surface area contributed by atoms with Crippen molar-refractivity contribution >= 4 is 17.8 Å². The van der Waals surface area contributed by atoms with Crippen LogP contribution in [0.15, 0.2) is 30.3 Å². The second-order valence-electron chi connectivity index (χ2n) is 8.72. The predicted molar refractivity (Wildman–Crippen MR) is 123 cm³/mol. The Balaban J connectivity index is 1.91. The molecular weight excluding hydrogens is 422 g/mol. The van der Waals surface area contributed by atoms with Gasteiger partial charge in [0.05, 0.1) is 26.2 Å². The minimum absolute atomic E-state index is 0.0561. The summed E-state index contributed by atoms with van der Waals surface area (Å²) in [6.45, 7) is 5.37. The maximum absolute atomic E-state index is 13.4. The number of amides is 4. The maximum atomic E-state index is 13.4. The molecule has 2 heterocycles. The number of ether oxygens (including phenoxy) is 1. The first-order chi connectivity index (χ1) is 15.9. The molecule has 33 heavy (non-hydrogen) atoms. The third kappa shape index (κ3) is 5.64. The van der Waals surface area contributed by atoms with Crippen LogP contribution in [0.5, 0.6) is 0 Å². The third-order valence-electron chi connectivity index (χ3n) is 5.86. The molecule has 1 aromatic rings. The van der Waals surface area contributed by atoms with Crippen molar-refractivity contribution < 1.29 is 19.1 Å². The summed E-state index contributed by atoms with van der Waals surface area (Å²) in [6, 6.07) is 8.59. The van der Waals surface area contributed by atoms with Gasteiger partial charge in [-0.1, -0.05) is 50.1 Å². The molecule has 0 radical (unpaired) electrons.